The number of carbonyl (C=O) groups excluding carboxylic acids is 1. The first kappa shape index (κ1) is 17.8. The summed E-state index contributed by atoms with van der Waals surface area (Å²) >= 11 is 5.91. The third kappa shape index (κ3) is 3.99. The highest BCUT2D eigenvalue weighted by Gasteiger charge is 2.29. The van der Waals surface area contributed by atoms with Gasteiger partial charge in [0.1, 0.15) is 0 Å². The third-order valence-corrected chi connectivity index (χ3v) is 4.86. The summed E-state index contributed by atoms with van der Waals surface area (Å²) in [6, 6.07) is 6.84. The number of amides is 1. The summed E-state index contributed by atoms with van der Waals surface area (Å²) in [5.41, 5.74) is 0.828. The number of piperazine rings is 1. The molecule has 7 nitrogen and oxygen atoms in total. The van der Waals surface area contributed by atoms with Gasteiger partial charge in [0.05, 0.1) is 0 Å². The molecule has 0 N–H and O–H groups in total. The number of hydrogen-bond donors (Lipinski definition) is 0. The lowest BCUT2D eigenvalue weighted by molar-refractivity contribution is -0.137. The number of aromatic nitrogens is 4. The van der Waals surface area contributed by atoms with Crippen LogP contribution in [0.25, 0.3) is 11.4 Å². The molecule has 0 radical (unpaired) electrons. The highest BCUT2D eigenvalue weighted by Crippen LogP contribution is 2.19. The summed E-state index contributed by atoms with van der Waals surface area (Å²) < 4.78 is 0. The molecule has 1 aliphatic rings. The van der Waals surface area contributed by atoms with E-state index in [1.54, 1.807) is 12.1 Å². The minimum absolute atomic E-state index is 0.0679. The van der Waals surface area contributed by atoms with Crippen LogP contribution in [0, 0.1) is 0 Å². The number of tetrazole rings is 1. The number of nitrogens with zero attached hydrogens (tertiary/aromatic N) is 6. The molecule has 1 aromatic carbocycles. The molecule has 1 fully saturated rings. The second kappa shape index (κ2) is 7.93. The van der Waals surface area contributed by atoms with Crippen LogP contribution in [0.5, 0.6) is 0 Å². The Bertz CT molecular complexity index is 708. The monoisotopic (exact) mass is 362 g/mol. The molecule has 8 heteroatoms. The average Bonchev–Trinajstić information content (AvgIpc) is 3.12. The van der Waals surface area contributed by atoms with Crippen LogP contribution in [0.3, 0.4) is 0 Å². The van der Waals surface area contributed by atoms with E-state index in [4.69, 9.17) is 11.6 Å². The predicted molar refractivity (Wildman–Crippen MR) is 96.3 cm³/mol. The minimum Gasteiger partial charge on any atom is -0.338 e. The second-order valence-electron chi connectivity index (χ2n) is 6.12. The van der Waals surface area contributed by atoms with Crippen molar-refractivity contribution >= 4 is 17.5 Å². The van der Waals surface area contributed by atoms with E-state index in [0.717, 1.165) is 38.3 Å². The van der Waals surface area contributed by atoms with Crippen LogP contribution in [0.2, 0.25) is 5.02 Å². The van der Waals surface area contributed by atoms with Crippen molar-refractivity contribution in [2.75, 3.05) is 32.7 Å². The molecule has 1 unspecified atom stereocenters. The van der Waals surface area contributed by atoms with Gasteiger partial charge in [-0.1, -0.05) is 25.4 Å². The summed E-state index contributed by atoms with van der Waals surface area (Å²) in [7, 11) is 0. The zero-order valence-corrected chi connectivity index (χ0v) is 15.4. The standard InChI is InChI=1S/C17H23ClN6O/c1-3-15(17(25)23-11-9-22(4-2)10-12-23)24-20-16(19-21-24)13-5-7-14(18)8-6-13/h5-8,15H,3-4,9-12H2,1-2H3. The summed E-state index contributed by atoms with van der Waals surface area (Å²) in [5, 5.41) is 13.3. The topological polar surface area (TPSA) is 67.2 Å². The molecule has 2 heterocycles. The van der Waals surface area contributed by atoms with Crippen LogP contribution < -0.4 is 0 Å². The van der Waals surface area contributed by atoms with Gasteiger partial charge in [0.15, 0.2) is 6.04 Å². The van der Waals surface area contributed by atoms with Gasteiger partial charge >= 0.3 is 0 Å². The van der Waals surface area contributed by atoms with Crippen molar-refractivity contribution in [2.24, 2.45) is 0 Å². The fourth-order valence-corrected chi connectivity index (χ4v) is 3.13. The van der Waals surface area contributed by atoms with Gasteiger partial charge in [-0.3, -0.25) is 4.79 Å². The average molecular weight is 363 g/mol. The Balaban J connectivity index is 1.73. The van der Waals surface area contributed by atoms with E-state index in [9.17, 15) is 4.79 Å². The molecule has 1 atom stereocenters. The molecule has 1 amide bonds. The Morgan fingerprint density at radius 1 is 1.16 bits per heavy atom. The van der Waals surface area contributed by atoms with Crippen LogP contribution in [-0.2, 0) is 4.79 Å². The van der Waals surface area contributed by atoms with Crippen molar-refractivity contribution in [1.29, 1.82) is 0 Å². The lowest BCUT2D eigenvalue weighted by Crippen LogP contribution is -2.50. The first-order chi connectivity index (χ1) is 12.1. The van der Waals surface area contributed by atoms with E-state index in [0.29, 0.717) is 17.3 Å². The lowest BCUT2D eigenvalue weighted by atomic mass is 10.2. The van der Waals surface area contributed by atoms with E-state index in [1.165, 1.54) is 4.80 Å². The second-order valence-corrected chi connectivity index (χ2v) is 6.56. The smallest absolute Gasteiger partial charge is 0.249 e. The van der Waals surface area contributed by atoms with E-state index in [2.05, 4.69) is 27.2 Å². The molecule has 2 aromatic rings. The molecule has 0 bridgehead atoms. The van der Waals surface area contributed by atoms with Crippen molar-refractivity contribution in [3.05, 3.63) is 29.3 Å². The summed E-state index contributed by atoms with van der Waals surface area (Å²) in [5.74, 6) is 0.567. The highest BCUT2D eigenvalue weighted by molar-refractivity contribution is 6.30. The molecule has 0 spiro atoms. The Morgan fingerprint density at radius 3 is 2.44 bits per heavy atom. The molecule has 1 aromatic heterocycles. The molecule has 0 aliphatic carbocycles. The minimum atomic E-state index is -0.415. The van der Waals surface area contributed by atoms with Gasteiger partial charge in [0.25, 0.3) is 0 Å². The van der Waals surface area contributed by atoms with E-state index in [-0.39, 0.29) is 5.91 Å². The van der Waals surface area contributed by atoms with Crippen LogP contribution in [0.15, 0.2) is 24.3 Å². The molecule has 134 valence electrons. The van der Waals surface area contributed by atoms with Crippen molar-refractivity contribution in [3.63, 3.8) is 0 Å². The quantitative estimate of drug-likeness (QED) is 0.814. The molecular weight excluding hydrogens is 340 g/mol. The summed E-state index contributed by atoms with van der Waals surface area (Å²) in [6.45, 7) is 8.47. The maximum atomic E-state index is 12.9. The summed E-state index contributed by atoms with van der Waals surface area (Å²) in [4.78, 5) is 18.6. The lowest BCUT2D eigenvalue weighted by Gasteiger charge is -2.35. The van der Waals surface area contributed by atoms with Crippen LogP contribution >= 0.6 is 11.6 Å². The molecule has 0 saturated carbocycles. The number of rotatable bonds is 5. The highest BCUT2D eigenvalue weighted by atomic mass is 35.5. The van der Waals surface area contributed by atoms with Crippen molar-refractivity contribution in [3.8, 4) is 11.4 Å². The molecule has 25 heavy (non-hydrogen) atoms. The number of halogens is 1. The maximum absolute atomic E-state index is 12.9. The number of benzene rings is 1. The van der Waals surface area contributed by atoms with Gasteiger partial charge in [-0.2, -0.15) is 4.80 Å². The Hall–Kier alpha value is -1.99. The molecular formula is C17H23ClN6O. The van der Waals surface area contributed by atoms with E-state index in [1.807, 2.05) is 24.0 Å². The van der Waals surface area contributed by atoms with Gasteiger partial charge < -0.3 is 9.80 Å². The van der Waals surface area contributed by atoms with Crippen LogP contribution in [-0.4, -0.2) is 68.6 Å². The SMILES string of the molecule is CCC(C(=O)N1CCN(CC)CC1)n1nnc(-c2ccc(Cl)cc2)n1. The van der Waals surface area contributed by atoms with Crippen molar-refractivity contribution in [2.45, 2.75) is 26.3 Å². The third-order valence-electron chi connectivity index (χ3n) is 4.61. The van der Waals surface area contributed by atoms with Gasteiger partial charge in [-0.05, 0) is 42.4 Å². The number of carbonyl (C=O) groups is 1. The van der Waals surface area contributed by atoms with Gasteiger partial charge in [-0.25, -0.2) is 0 Å². The first-order valence-corrected chi connectivity index (χ1v) is 9.06. The Labute approximate surface area is 152 Å². The molecule has 1 saturated heterocycles. The fraction of sp³-hybridized carbons (Fsp3) is 0.529. The van der Waals surface area contributed by atoms with Crippen molar-refractivity contribution in [1.82, 2.24) is 30.0 Å². The van der Waals surface area contributed by atoms with Crippen molar-refractivity contribution < 1.29 is 4.79 Å². The maximum Gasteiger partial charge on any atom is 0.249 e. The number of likely N-dealkylation sites (N-methyl/N-ethyl adjacent to an activating group) is 1. The normalized spacial score (nSPS) is 16.8. The predicted octanol–water partition coefficient (Wildman–Crippen LogP) is 2.11. The fourth-order valence-electron chi connectivity index (χ4n) is 3.00. The van der Waals surface area contributed by atoms with Crippen LogP contribution in [0.4, 0.5) is 0 Å². The first-order valence-electron chi connectivity index (χ1n) is 8.69. The number of hydrogen-bond acceptors (Lipinski definition) is 5. The Kier molecular flexibility index (Phi) is 5.65. The van der Waals surface area contributed by atoms with E-state index >= 15 is 0 Å². The van der Waals surface area contributed by atoms with E-state index < -0.39 is 6.04 Å². The van der Waals surface area contributed by atoms with Crippen LogP contribution in [0.1, 0.15) is 26.3 Å². The summed E-state index contributed by atoms with van der Waals surface area (Å²) in [6.07, 6.45) is 0.628. The zero-order chi connectivity index (χ0) is 17.8. The van der Waals surface area contributed by atoms with Gasteiger partial charge in [0.2, 0.25) is 11.7 Å². The molecule has 1 aliphatic heterocycles. The largest absolute Gasteiger partial charge is 0.338 e. The van der Waals surface area contributed by atoms with Gasteiger partial charge in [0, 0.05) is 36.8 Å². The zero-order valence-electron chi connectivity index (χ0n) is 14.6. The van der Waals surface area contributed by atoms with Gasteiger partial charge in [-0.15, -0.1) is 10.2 Å². The Morgan fingerprint density at radius 2 is 1.84 bits per heavy atom. The molecule has 3 rings (SSSR count).